The van der Waals surface area contributed by atoms with Crippen LogP contribution in [0.3, 0.4) is 0 Å². The van der Waals surface area contributed by atoms with Gasteiger partial charge < -0.3 is 5.32 Å². The van der Waals surface area contributed by atoms with E-state index >= 15 is 0 Å². The average molecular weight is 259 g/mol. The molecule has 0 fully saturated rings. The van der Waals surface area contributed by atoms with Gasteiger partial charge in [-0.05, 0) is 18.9 Å². The SMILES string of the molecule is CCCNc1cc(-c2ccn(C)n2)nc(CCC)n1. The molecular formula is C14H21N5. The van der Waals surface area contributed by atoms with E-state index in [0.717, 1.165) is 48.8 Å². The van der Waals surface area contributed by atoms with Gasteiger partial charge in [-0.3, -0.25) is 4.68 Å². The van der Waals surface area contributed by atoms with E-state index in [4.69, 9.17) is 0 Å². The van der Waals surface area contributed by atoms with Gasteiger partial charge in [0, 0.05) is 32.3 Å². The molecule has 0 aliphatic carbocycles. The lowest BCUT2D eigenvalue weighted by Crippen LogP contribution is -2.06. The van der Waals surface area contributed by atoms with Gasteiger partial charge in [-0.25, -0.2) is 9.97 Å². The van der Waals surface area contributed by atoms with Crippen molar-refractivity contribution in [1.82, 2.24) is 19.7 Å². The van der Waals surface area contributed by atoms with Crippen molar-refractivity contribution < 1.29 is 0 Å². The van der Waals surface area contributed by atoms with Gasteiger partial charge in [0.25, 0.3) is 0 Å². The molecule has 0 unspecified atom stereocenters. The van der Waals surface area contributed by atoms with Crippen molar-refractivity contribution in [3.05, 3.63) is 24.2 Å². The third kappa shape index (κ3) is 3.53. The van der Waals surface area contributed by atoms with E-state index in [1.165, 1.54) is 0 Å². The molecule has 0 bridgehead atoms. The summed E-state index contributed by atoms with van der Waals surface area (Å²) in [6.45, 7) is 5.20. The van der Waals surface area contributed by atoms with E-state index in [1.807, 2.05) is 25.4 Å². The lowest BCUT2D eigenvalue weighted by molar-refractivity contribution is 0.768. The summed E-state index contributed by atoms with van der Waals surface area (Å²) in [5, 5.41) is 7.73. The maximum atomic E-state index is 4.59. The molecule has 0 amide bonds. The first-order valence-corrected chi connectivity index (χ1v) is 6.84. The van der Waals surface area contributed by atoms with Crippen LogP contribution >= 0.6 is 0 Å². The lowest BCUT2D eigenvalue weighted by Gasteiger charge is -2.08. The van der Waals surface area contributed by atoms with Crippen molar-refractivity contribution >= 4 is 5.82 Å². The molecule has 0 radical (unpaired) electrons. The Kier molecular flexibility index (Phi) is 4.49. The maximum Gasteiger partial charge on any atom is 0.131 e. The van der Waals surface area contributed by atoms with Crippen molar-refractivity contribution in [2.75, 3.05) is 11.9 Å². The second kappa shape index (κ2) is 6.31. The molecule has 2 aromatic heterocycles. The number of hydrogen-bond donors (Lipinski definition) is 1. The van der Waals surface area contributed by atoms with Crippen LogP contribution in [0, 0.1) is 0 Å². The van der Waals surface area contributed by atoms with Gasteiger partial charge in [0.1, 0.15) is 17.3 Å². The molecule has 5 heteroatoms. The molecule has 0 aliphatic heterocycles. The average Bonchev–Trinajstić information content (AvgIpc) is 2.83. The molecule has 2 rings (SSSR count). The summed E-state index contributed by atoms with van der Waals surface area (Å²) in [4.78, 5) is 9.12. The van der Waals surface area contributed by atoms with Crippen molar-refractivity contribution in [3.8, 4) is 11.4 Å². The fourth-order valence-electron chi connectivity index (χ4n) is 1.86. The Morgan fingerprint density at radius 1 is 1.16 bits per heavy atom. The van der Waals surface area contributed by atoms with Gasteiger partial charge in [0.2, 0.25) is 0 Å². The van der Waals surface area contributed by atoms with Gasteiger partial charge in [0.05, 0.1) is 5.69 Å². The highest BCUT2D eigenvalue weighted by molar-refractivity contribution is 5.58. The van der Waals surface area contributed by atoms with Crippen molar-refractivity contribution in [1.29, 1.82) is 0 Å². The molecule has 0 atom stereocenters. The first kappa shape index (κ1) is 13.5. The Morgan fingerprint density at radius 2 is 2.00 bits per heavy atom. The van der Waals surface area contributed by atoms with Crippen LogP contribution in [-0.4, -0.2) is 26.3 Å². The van der Waals surface area contributed by atoms with Crippen LogP contribution < -0.4 is 5.32 Å². The molecule has 0 saturated carbocycles. The predicted molar refractivity (Wildman–Crippen MR) is 77.0 cm³/mol. The van der Waals surface area contributed by atoms with Gasteiger partial charge in [-0.15, -0.1) is 0 Å². The summed E-state index contributed by atoms with van der Waals surface area (Å²) in [5.41, 5.74) is 1.78. The first-order valence-electron chi connectivity index (χ1n) is 6.84. The number of anilines is 1. The Bertz CT molecular complexity index is 532. The molecule has 0 saturated heterocycles. The summed E-state index contributed by atoms with van der Waals surface area (Å²) in [7, 11) is 1.91. The number of nitrogens with zero attached hydrogens (tertiary/aromatic N) is 4. The van der Waals surface area contributed by atoms with Crippen molar-refractivity contribution in [2.24, 2.45) is 7.05 Å². The highest BCUT2D eigenvalue weighted by Crippen LogP contribution is 2.18. The minimum absolute atomic E-state index is 0.879. The molecule has 1 N–H and O–H groups in total. The summed E-state index contributed by atoms with van der Waals surface area (Å²) in [5.74, 6) is 1.77. The Balaban J connectivity index is 2.33. The van der Waals surface area contributed by atoms with Gasteiger partial charge in [-0.2, -0.15) is 5.10 Å². The van der Waals surface area contributed by atoms with Crippen molar-refractivity contribution in [2.45, 2.75) is 33.1 Å². The second-order valence-corrected chi connectivity index (χ2v) is 4.61. The molecular weight excluding hydrogens is 238 g/mol. The zero-order valence-electron chi connectivity index (χ0n) is 11.8. The minimum Gasteiger partial charge on any atom is -0.370 e. The van der Waals surface area contributed by atoms with Gasteiger partial charge in [0.15, 0.2) is 0 Å². The zero-order chi connectivity index (χ0) is 13.7. The summed E-state index contributed by atoms with van der Waals surface area (Å²) in [6.07, 6.45) is 4.93. The van der Waals surface area contributed by atoms with Crippen LogP contribution in [-0.2, 0) is 13.5 Å². The minimum atomic E-state index is 0.879. The molecule has 19 heavy (non-hydrogen) atoms. The highest BCUT2D eigenvalue weighted by atomic mass is 15.3. The number of aromatic nitrogens is 4. The molecule has 102 valence electrons. The number of aryl methyl sites for hydroxylation is 2. The van der Waals surface area contributed by atoms with Crippen LogP contribution in [0.25, 0.3) is 11.4 Å². The molecule has 0 aromatic carbocycles. The van der Waals surface area contributed by atoms with E-state index in [-0.39, 0.29) is 0 Å². The Labute approximate surface area is 114 Å². The first-order chi connectivity index (χ1) is 9.22. The normalized spacial score (nSPS) is 10.7. The van der Waals surface area contributed by atoms with E-state index in [1.54, 1.807) is 4.68 Å². The third-order valence-electron chi connectivity index (χ3n) is 2.78. The summed E-state index contributed by atoms with van der Waals surface area (Å²) >= 11 is 0. The van der Waals surface area contributed by atoms with Gasteiger partial charge >= 0.3 is 0 Å². The summed E-state index contributed by atoms with van der Waals surface area (Å²) in [6, 6.07) is 3.94. The summed E-state index contributed by atoms with van der Waals surface area (Å²) < 4.78 is 1.79. The molecule has 0 aliphatic rings. The van der Waals surface area contributed by atoms with Crippen LogP contribution in [0.5, 0.6) is 0 Å². The second-order valence-electron chi connectivity index (χ2n) is 4.61. The fraction of sp³-hybridized carbons (Fsp3) is 0.500. The number of hydrogen-bond acceptors (Lipinski definition) is 4. The fourth-order valence-corrected chi connectivity index (χ4v) is 1.86. The van der Waals surface area contributed by atoms with E-state index < -0.39 is 0 Å². The van der Waals surface area contributed by atoms with E-state index in [2.05, 4.69) is 34.2 Å². The molecule has 2 heterocycles. The predicted octanol–water partition coefficient (Wildman–Crippen LogP) is 2.65. The highest BCUT2D eigenvalue weighted by Gasteiger charge is 2.08. The van der Waals surface area contributed by atoms with Crippen molar-refractivity contribution in [3.63, 3.8) is 0 Å². The van der Waals surface area contributed by atoms with Crippen LogP contribution in [0.2, 0.25) is 0 Å². The number of rotatable bonds is 6. The Morgan fingerprint density at radius 3 is 2.63 bits per heavy atom. The van der Waals surface area contributed by atoms with Gasteiger partial charge in [-0.1, -0.05) is 13.8 Å². The molecule has 5 nitrogen and oxygen atoms in total. The topological polar surface area (TPSA) is 55.6 Å². The van der Waals surface area contributed by atoms with E-state index in [9.17, 15) is 0 Å². The number of nitrogens with one attached hydrogen (secondary N) is 1. The third-order valence-corrected chi connectivity index (χ3v) is 2.78. The quantitative estimate of drug-likeness (QED) is 0.866. The standard InChI is InChI=1S/C14H21N5/c1-4-6-13-16-12(11-7-9-19(3)18-11)10-14(17-13)15-8-5-2/h7,9-10H,4-6,8H2,1-3H3,(H,15,16,17). The van der Waals surface area contributed by atoms with Crippen LogP contribution in [0.15, 0.2) is 18.3 Å². The maximum absolute atomic E-state index is 4.59. The zero-order valence-corrected chi connectivity index (χ0v) is 11.8. The van der Waals surface area contributed by atoms with E-state index in [0.29, 0.717) is 0 Å². The smallest absolute Gasteiger partial charge is 0.131 e. The van der Waals surface area contributed by atoms with Crippen LogP contribution in [0.1, 0.15) is 32.5 Å². The lowest BCUT2D eigenvalue weighted by atomic mass is 10.2. The molecule has 0 spiro atoms. The largest absolute Gasteiger partial charge is 0.370 e. The Hall–Kier alpha value is -1.91. The molecule has 2 aromatic rings. The monoisotopic (exact) mass is 259 g/mol. The van der Waals surface area contributed by atoms with Crippen LogP contribution in [0.4, 0.5) is 5.82 Å².